The molecule has 0 fully saturated rings. The zero-order chi connectivity index (χ0) is 20.2. The van der Waals surface area contributed by atoms with Crippen LogP contribution in [0.5, 0.6) is 11.5 Å². The molecular weight excluding hydrogens is 376 g/mol. The van der Waals surface area contributed by atoms with Crippen LogP contribution in [-0.4, -0.2) is 32.0 Å². The predicted octanol–water partition coefficient (Wildman–Crippen LogP) is 3.23. The van der Waals surface area contributed by atoms with Gasteiger partial charge < -0.3 is 18.6 Å². The molecule has 1 aromatic heterocycles. The standard InChI is InChI=1S/C21H16N2O6/c1-26-21(25)15-4-2-3-13(9-15)17-8-6-16(29-17)11-22-23-20(24)14-5-7-18-19(10-14)28-12-27-18/h2-11H,12H2,1H3,(H,23,24)/b22-11+. The fourth-order valence-electron chi connectivity index (χ4n) is 2.75. The highest BCUT2D eigenvalue weighted by atomic mass is 16.7. The Labute approximate surface area is 165 Å². The molecule has 0 saturated carbocycles. The first-order valence-corrected chi connectivity index (χ1v) is 8.66. The number of nitrogens with one attached hydrogen (secondary N) is 1. The summed E-state index contributed by atoms with van der Waals surface area (Å²) in [5, 5.41) is 3.91. The fourth-order valence-corrected chi connectivity index (χ4v) is 2.75. The SMILES string of the molecule is COC(=O)c1cccc(-c2ccc(/C=N/NC(=O)c3ccc4c(c3)OCO4)o2)c1. The van der Waals surface area contributed by atoms with Crippen molar-refractivity contribution in [2.24, 2.45) is 5.10 Å². The van der Waals surface area contributed by atoms with E-state index in [4.69, 9.17) is 18.6 Å². The molecule has 2 aromatic carbocycles. The number of fused-ring (bicyclic) bond motifs is 1. The predicted molar refractivity (Wildman–Crippen MR) is 103 cm³/mol. The second-order valence-electron chi connectivity index (χ2n) is 6.04. The molecule has 1 amide bonds. The quantitative estimate of drug-likeness (QED) is 0.407. The van der Waals surface area contributed by atoms with Crippen molar-refractivity contribution in [2.75, 3.05) is 13.9 Å². The van der Waals surface area contributed by atoms with Crippen molar-refractivity contribution < 1.29 is 28.2 Å². The summed E-state index contributed by atoms with van der Waals surface area (Å²) in [6.45, 7) is 0.141. The van der Waals surface area contributed by atoms with Crippen molar-refractivity contribution in [3.8, 4) is 22.8 Å². The van der Waals surface area contributed by atoms with Crippen LogP contribution in [0.4, 0.5) is 0 Å². The van der Waals surface area contributed by atoms with Gasteiger partial charge in [-0.25, -0.2) is 10.2 Å². The third-order valence-electron chi connectivity index (χ3n) is 4.19. The molecule has 0 saturated heterocycles. The van der Waals surface area contributed by atoms with Gasteiger partial charge in [0.15, 0.2) is 11.5 Å². The minimum absolute atomic E-state index is 0.141. The van der Waals surface area contributed by atoms with Crippen LogP contribution >= 0.6 is 0 Å². The van der Waals surface area contributed by atoms with Crippen molar-refractivity contribution in [1.29, 1.82) is 0 Å². The molecule has 2 heterocycles. The Bertz CT molecular complexity index is 1100. The Morgan fingerprint density at radius 1 is 1.03 bits per heavy atom. The van der Waals surface area contributed by atoms with Crippen LogP contribution in [0, 0.1) is 0 Å². The van der Waals surface area contributed by atoms with Crippen LogP contribution in [0.2, 0.25) is 0 Å². The topological polar surface area (TPSA) is 99.4 Å². The molecule has 0 aliphatic carbocycles. The molecule has 1 aliphatic rings. The van der Waals surface area contributed by atoms with Gasteiger partial charge in [-0.05, 0) is 42.5 Å². The van der Waals surface area contributed by atoms with E-state index in [1.165, 1.54) is 13.3 Å². The summed E-state index contributed by atoms with van der Waals surface area (Å²) in [4.78, 5) is 23.9. The highest BCUT2D eigenvalue weighted by Gasteiger charge is 2.16. The monoisotopic (exact) mass is 392 g/mol. The van der Waals surface area contributed by atoms with Gasteiger partial charge in [-0.2, -0.15) is 5.10 Å². The number of rotatable bonds is 5. The number of nitrogens with zero attached hydrogens (tertiary/aromatic N) is 1. The Kier molecular flexibility index (Phi) is 4.98. The summed E-state index contributed by atoms with van der Waals surface area (Å²) in [6, 6.07) is 15.2. The van der Waals surface area contributed by atoms with Crippen molar-refractivity contribution >= 4 is 18.1 Å². The summed E-state index contributed by atoms with van der Waals surface area (Å²) in [5.41, 5.74) is 3.97. The van der Waals surface area contributed by atoms with Crippen molar-refractivity contribution in [1.82, 2.24) is 5.43 Å². The number of amides is 1. The van der Waals surface area contributed by atoms with E-state index in [9.17, 15) is 9.59 Å². The summed E-state index contributed by atoms with van der Waals surface area (Å²) >= 11 is 0. The van der Waals surface area contributed by atoms with Crippen LogP contribution in [0.1, 0.15) is 26.5 Å². The number of hydrogen-bond acceptors (Lipinski definition) is 7. The molecule has 3 aromatic rings. The molecule has 1 aliphatic heterocycles. The van der Waals surface area contributed by atoms with E-state index < -0.39 is 11.9 Å². The lowest BCUT2D eigenvalue weighted by atomic mass is 10.1. The van der Waals surface area contributed by atoms with Gasteiger partial charge in [0.2, 0.25) is 6.79 Å². The van der Waals surface area contributed by atoms with Crippen molar-refractivity contribution in [3.05, 3.63) is 71.5 Å². The van der Waals surface area contributed by atoms with Gasteiger partial charge >= 0.3 is 5.97 Å². The van der Waals surface area contributed by atoms with Gasteiger partial charge in [0.1, 0.15) is 11.5 Å². The molecule has 0 spiro atoms. The molecule has 29 heavy (non-hydrogen) atoms. The van der Waals surface area contributed by atoms with Gasteiger partial charge in [-0.15, -0.1) is 0 Å². The lowest BCUT2D eigenvalue weighted by Crippen LogP contribution is -2.17. The summed E-state index contributed by atoms with van der Waals surface area (Å²) < 4.78 is 20.9. The van der Waals surface area contributed by atoms with E-state index in [1.54, 1.807) is 48.5 Å². The lowest BCUT2D eigenvalue weighted by molar-refractivity contribution is 0.0600. The van der Waals surface area contributed by atoms with Crippen LogP contribution in [0.25, 0.3) is 11.3 Å². The van der Waals surface area contributed by atoms with E-state index in [2.05, 4.69) is 10.5 Å². The van der Waals surface area contributed by atoms with Crippen molar-refractivity contribution in [2.45, 2.75) is 0 Å². The number of carbonyl (C=O) groups is 2. The third kappa shape index (κ3) is 3.96. The number of esters is 1. The molecule has 1 N–H and O–H groups in total. The molecule has 0 bridgehead atoms. The van der Waals surface area contributed by atoms with Crippen LogP contribution < -0.4 is 14.9 Å². The molecule has 8 nitrogen and oxygen atoms in total. The van der Waals surface area contributed by atoms with Gasteiger partial charge in [0.05, 0.1) is 18.9 Å². The van der Waals surface area contributed by atoms with Gasteiger partial charge in [0.25, 0.3) is 5.91 Å². The first-order valence-electron chi connectivity index (χ1n) is 8.66. The second kappa shape index (κ2) is 7.89. The average molecular weight is 392 g/mol. The van der Waals surface area contributed by atoms with Gasteiger partial charge in [-0.3, -0.25) is 4.79 Å². The van der Waals surface area contributed by atoms with E-state index in [-0.39, 0.29) is 6.79 Å². The zero-order valence-corrected chi connectivity index (χ0v) is 15.4. The maximum atomic E-state index is 12.2. The number of hydrazone groups is 1. The first-order chi connectivity index (χ1) is 14.1. The second-order valence-corrected chi connectivity index (χ2v) is 6.04. The number of ether oxygens (including phenoxy) is 3. The highest BCUT2D eigenvalue weighted by molar-refractivity contribution is 5.95. The Balaban J connectivity index is 1.42. The highest BCUT2D eigenvalue weighted by Crippen LogP contribution is 2.32. The number of hydrogen-bond donors (Lipinski definition) is 1. The maximum absolute atomic E-state index is 12.2. The molecular formula is C21H16N2O6. The molecule has 146 valence electrons. The third-order valence-corrected chi connectivity index (χ3v) is 4.19. The summed E-state index contributed by atoms with van der Waals surface area (Å²) in [6.07, 6.45) is 1.39. The zero-order valence-electron chi connectivity index (χ0n) is 15.4. The minimum atomic E-state index is -0.425. The Morgan fingerprint density at radius 2 is 1.90 bits per heavy atom. The Morgan fingerprint density at radius 3 is 2.76 bits per heavy atom. The molecule has 0 atom stereocenters. The van der Waals surface area contributed by atoms with Gasteiger partial charge in [0, 0.05) is 11.1 Å². The summed E-state index contributed by atoms with van der Waals surface area (Å²) in [5.74, 6) is 1.30. The average Bonchev–Trinajstić information content (AvgIpc) is 3.42. The molecule has 0 unspecified atom stereocenters. The van der Waals surface area contributed by atoms with Crippen LogP contribution in [-0.2, 0) is 4.74 Å². The smallest absolute Gasteiger partial charge is 0.337 e. The normalized spacial score (nSPS) is 12.2. The van der Waals surface area contributed by atoms with E-state index in [0.717, 1.165) is 5.56 Å². The number of furan rings is 1. The Hall–Kier alpha value is -4.07. The van der Waals surface area contributed by atoms with E-state index in [1.807, 2.05) is 6.07 Å². The van der Waals surface area contributed by atoms with Crippen molar-refractivity contribution in [3.63, 3.8) is 0 Å². The largest absolute Gasteiger partial charge is 0.465 e. The number of benzene rings is 2. The van der Waals surface area contributed by atoms with Gasteiger partial charge in [-0.1, -0.05) is 12.1 Å². The molecule has 0 radical (unpaired) electrons. The molecule has 4 rings (SSSR count). The maximum Gasteiger partial charge on any atom is 0.337 e. The number of methoxy groups -OCH3 is 1. The van der Waals surface area contributed by atoms with Crippen LogP contribution in [0.15, 0.2) is 64.1 Å². The van der Waals surface area contributed by atoms with E-state index in [0.29, 0.717) is 34.1 Å². The first kappa shape index (κ1) is 18.3. The van der Waals surface area contributed by atoms with Crippen LogP contribution in [0.3, 0.4) is 0 Å². The lowest BCUT2D eigenvalue weighted by Gasteiger charge is -2.02. The molecule has 8 heteroatoms. The van der Waals surface area contributed by atoms with E-state index >= 15 is 0 Å². The fraction of sp³-hybridized carbons (Fsp3) is 0.0952. The minimum Gasteiger partial charge on any atom is -0.465 e. The summed E-state index contributed by atoms with van der Waals surface area (Å²) in [7, 11) is 1.33. The number of carbonyl (C=O) groups excluding carboxylic acids is 2.